The summed E-state index contributed by atoms with van der Waals surface area (Å²) in [5.41, 5.74) is 2.25. The quantitative estimate of drug-likeness (QED) is 0.413. The van der Waals surface area contributed by atoms with Crippen LogP contribution in [0.4, 0.5) is 4.39 Å². The predicted octanol–water partition coefficient (Wildman–Crippen LogP) is 10.1. The van der Waals surface area contributed by atoms with E-state index in [1.54, 1.807) is 12.5 Å². The Morgan fingerprint density at radius 3 is 1.47 bits per heavy atom. The molecule has 0 N–H and O–H groups in total. The highest BCUT2D eigenvalue weighted by atomic mass is 19.1. The third-order valence-electron chi connectivity index (χ3n) is 8.63. The molecule has 1 heteroatoms. The van der Waals surface area contributed by atoms with Crippen molar-refractivity contribution in [2.75, 3.05) is 0 Å². The minimum Gasteiger partial charge on any atom is -0.244 e. The maximum Gasteiger partial charge on any atom is 0.108 e. The second kappa shape index (κ2) is 11.9. The normalized spacial score (nSPS) is 31.6. The molecule has 0 aliphatic heterocycles. The highest BCUT2D eigenvalue weighted by molar-refractivity contribution is 5.25. The van der Waals surface area contributed by atoms with Crippen molar-refractivity contribution in [1.82, 2.24) is 0 Å². The number of halogens is 1. The summed E-state index contributed by atoms with van der Waals surface area (Å²) in [5, 5.41) is 0. The Bertz CT molecular complexity index is 821. The summed E-state index contributed by atoms with van der Waals surface area (Å²) in [4.78, 5) is 0. The van der Waals surface area contributed by atoms with Crippen LogP contribution in [0, 0.1) is 35.5 Å². The van der Waals surface area contributed by atoms with Crippen molar-refractivity contribution in [3.63, 3.8) is 0 Å². The number of rotatable bonds is 5. The van der Waals surface area contributed by atoms with Crippen molar-refractivity contribution < 1.29 is 4.39 Å². The monoisotopic (exact) mass is 464 g/mol. The lowest BCUT2D eigenvalue weighted by atomic mass is 9.67. The molecule has 2 aromatic carbocycles. The van der Waals surface area contributed by atoms with Crippen LogP contribution in [0.3, 0.4) is 0 Å². The molecule has 0 saturated heterocycles. The van der Waals surface area contributed by atoms with Gasteiger partial charge in [0.15, 0.2) is 0 Å². The van der Waals surface area contributed by atoms with E-state index in [1.165, 1.54) is 24.8 Å². The molecule has 0 radical (unpaired) electrons. The van der Waals surface area contributed by atoms with Gasteiger partial charge in [0.05, 0.1) is 0 Å². The zero-order valence-corrected chi connectivity index (χ0v) is 22.8. The molecule has 0 unspecified atom stereocenters. The lowest BCUT2D eigenvalue weighted by Crippen LogP contribution is -2.39. The van der Waals surface area contributed by atoms with Crippen molar-refractivity contribution in [1.29, 1.82) is 0 Å². The summed E-state index contributed by atoms with van der Waals surface area (Å²) in [7, 11) is 0. The lowest BCUT2D eigenvalue weighted by molar-refractivity contribution is 0.00285. The van der Waals surface area contributed by atoms with Gasteiger partial charge in [-0.15, -0.1) is 0 Å². The molecule has 0 nitrogen and oxygen atoms in total. The molecule has 5 rings (SSSR count). The van der Waals surface area contributed by atoms with Crippen molar-refractivity contribution in [2.45, 2.75) is 98.1 Å². The molecule has 3 saturated carbocycles. The highest BCUT2D eigenvalue weighted by Crippen LogP contribution is 2.51. The number of alkyl halides is 1. The van der Waals surface area contributed by atoms with Gasteiger partial charge in [-0.3, -0.25) is 0 Å². The summed E-state index contributed by atoms with van der Waals surface area (Å²) in [6, 6.07) is 21.8. The van der Waals surface area contributed by atoms with Crippen molar-refractivity contribution in [3.8, 4) is 0 Å². The van der Waals surface area contributed by atoms with E-state index in [2.05, 4.69) is 102 Å². The van der Waals surface area contributed by atoms with Crippen LogP contribution < -0.4 is 0 Å². The molecule has 0 spiro atoms. The summed E-state index contributed by atoms with van der Waals surface area (Å²) in [6.07, 6.45) is 5.78. The SMILES string of the molecule is CC(C)C1CC(C)(F)C1.CC(C)C1CC(c2ccccc2)C1.CC(C)[C@@H]1C[C@H]1c1ccccc1. The van der Waals surface area contributed by atoms with E-state index in [0.717, 1.165) is 48.3 Å². The van der Waals surface area contributed by atoms with Crippen molar-refractivity contribution in [3.05, 3.63) is 71.8 Å². The zero-order chi connectivity index (χ0) is 24.9. The molecule has 188 valence electrons. The Morgan fingerprint density at radius 1 is 0.647 bits per heavy atom. The smallest absolute Gasteiger partial charge is 0.108 e. The van der Waals surface area contributed by atoms with Gasteiger partial charge in [-0.25, -0.2) is 4.39 Å². The zero-order valence-electron chi connectivity index (χ0n) is 22.8. The van der Waals surface area contributed by atoms with Gasteiger partial charge in [0, 0.05) is 0 Å². The summed E-state index contributed by atoms with van der Waals surface area (Å²) in [6.45, 7) is 15.4. The highest BCUT2D eigenvalue weighted by Gasteiger charge is 2.41. The van der Waals surface area contributed by atoms with Crippen LogP contribution in [0.25, 0.3) is 0 Å². The fourth-order valence-corrected chi connectivity index (χ4v) is 5.74. The van der Waals surface area contributed by atoms with Gasteiger partial charge in [-0.1, -0.05) is 102 Å². The maximum atomic E-state index is 12.8. The Labute approximate surface area is 209 Å². The van der Waals surface area contributed by atoms with Crippen molar-refractivity contribution in [2.24, 2.45) is 35.5 Å². The molecular formula is C33H49F. The van der Waals surface area contributed by atoms with Crippen LogP contribution >= 0.6 is 0 Å². The number of benzene rings is 2. The summed E-state index contributed by atoms with van der Waals surface area (Å²) < 4.78 is 12.8. The molecule has 0 aromatic heterocycles. The van der Waals surface area contributed by atoms with Gasteiger partial charge >= 0.3 is 0 Å². The van der Waals surface area contributed by atoms with Crippen LogP contribution in [-0.4, -0.2) is 5.67 Å². The first-order valence-corrected chi connectivity index (χ1v) is 13.9. The molecule has 0 bridgehead atoms. The fraction of sp³-hybridized carbons (Fsp3) is 0.636. The Balaban J connectivity index is 0.000000146. The second-order valence-corrected chi connectivity index (χ2v) is 12.6. The van der Waals surface area contributed by atoms with Gasteiger partial charge < -0.3 is 0 Å². The van der Waals surface area contributed by atoms with Gasteiger partial charge in [-0.2, -0.15) is 0 Å². The van der Waals surface area contributed by atoms with Crippen LogP contribution in [0.15, 0.2) is 60.7 Å². The molecule has 2 aromatic rings. The van der Waals surface area contributed by atoms with Crippen LogP contribution in [0.5, 0.6) is 0 Å². The molecular weight excluding hydrogens is 415 g/mol. The molecule has 2 atom stereocenters. The molecule has 3 aliphatic rings. The minimum atomic E-state index is -0.824. The first-order valence-electron chi connectivity index (χ1n) is 13.9. The topological polar surface area (TPSA) is 0 Å². The van der Waals surface area contributed by atoms with Gasteiger partial charge in [-0.05, 0) is 97.5 Å². The predicted molar refractivity (Wildman–Crippen MR) is 146 cm³/mol. The average Bonchev–Trinajstić information content (AvgIpc) is 3.54. The largest absolute Gasteiger partial charge is 0.244 e. The van der Waals surface area contributed by atoms with E-state index >= 15 is 0 Å². The molecule has 34 heavy (non-hydrogen) atoms. The van der Waals surface area contributed by atoms with E-state index in [-0.39, 0.29) is 0 Å². The summed E-state index contributed by atoms with van der Waals surface area (Å²) >= 11 is 0. The average molecular weight is 465 g/mol. The lowest BCUT2D eigenvalue weighted by Gasteiger charge is -2.41. The number of hydrogen-bond donors (Lipinski definition) is 0. The van der Waals surface area contributed by atoms with Gasteiger partial charge in [0.1, 0.15) is 5.67 Å². The summed E-state index contributed by atoms with van der Waals surface area (Å²) in [5.74, 6) is 6.71. The molecule has 3 aliphatic carbocycles. The van der Waals surface area contributed by atoms with Crippen LogP contribution in [0.2, 0.25) is 0 Å². The Morgan fingerprint density at radius 2 is 1.12 bits per heavy atom. The Hall–Kier alpha value is -1.63. The third kappa shape index (κ3) is 7.69. The van der Waals surface area contributed by atoms with E-state index < -0.39 is 5.67 Å². The Kier molecular flexibility index (Phi) is 9.41. The van der Waals surface area contributed by atoms with Crippen molar-refractivity contribution >= 4 is 0 Å². The third-order valence-corrected chi connectivity index (χ3v) is 8.63. The fourth-order valence-electron chi connectivity index (χ4n) is 5.74. The van der Waals surface area contributed by atoms with E-state index in [0.29, 0.717) is 11.8 Å². The molecule has 0 amide bonds. The standard InChI is InChI=1S/C13H18.C12H16.C8H15F/c1-10(2)12-8-13(9-12)11-6-4-3-5-7-11;1-9(2)11-8-12(11)10-6-4-3-5-7-10;1-6(2)7-4-8(3,9)5-7/h3-7,10,12-13H,8-9H2,1-2H3;3-7,9,11-12H,8H2,1-2H3;6-7H,4-5H2,1-3H3/t;11-,12-;/m.0./s1. The van der Waals surface area contributed by atoms with Crippen LogP contribution in [-0.2, 0) is 0 Å². The second-order valence-electron chi connectivity index (χ2n) is 12.6. The molecule has 3 fully saturated rings. The molecule has 0 heterocycles. The van der Waals surface area contributed by atoms with E-state index in [1.807, 2.05) is 0 Å². The maximum absolute atomic E-state index is 12.8. The minimum absolute atomic E-state index is 0.653. The number of hydrogen-bond acceptors (Lipinski definition) is 0. The van der Waals surface area contributed by atoms with E-state index in [4.69, 9.17) is 0 Å². The van der Waals surface area contributed by atoms with E-state index in [9.17, 15) is 4.39 Å². The first-order chi connectivity index (χ1) is 16.1. The van der Waals surface area contributed by atoms with Crippen LogP contribution in [0.1, 0.15) is 104 Å². The van der Waals surface area contributed by atoms with Gasteiger partial charge in [0.2, 0.25) is 0 Å². The van der Waals surface area contributed by atoms with Gasteiger partial charge in [0.25, 0.3) is 0 Å². The first kappa shape index (κ1) is 27.0.